The molecule has 76 valence electrons. The molecule has 0 radical (unpaired) electrons. The van der Waals surface area contributed by atoms with Crippen LogP contribution < -0.4 is 9.47 Å². The summed E-state index contributed by atoms with van der Waals surface area (Å²) in [6.07, 6.45) is 0. The Morgan fingerprint density at radius 2 is 2.00 bits per heavy atom. The molecule has 6 nitrogen and oxygen atoms in total. The number of carboxylic acid groups (broad SMARTS) is 1. The maximum Gasteiger partial charge on any atom is 0.356 e. The van der Waals surface area contributed by atoms with Crippen molar-refractivity contribution in [2.24, 2.45) is 0 Å². The molecule has 14 heavy (non-hydrogen) atoms. The predicted molar refractivity (Wildman–Crippen MR) is 49.8 cm³/mol. The zero-order valence-corrected chi connectivity index (χ0v) is 9.03. The maximum absolute atomic E-state index is 10.7. The van der Waals surface area contributed by atoms with Crippen molar-refractivity contribution in [1.82, 2.24) is 9.97 Å². The van der Waals surface area contributed by atoms with E-state index in [0.29, 0.717) is 0 Å². The average Bonchev–Trinajstić information content (AvgIpc) is 2.17. The molecule has 0 spiro atoms. The third-order valence-electron chi connectivity index (χ3n) is 1.38. The van der Waals surface area contributed by atoms with Crippen LogP contribution in [0.25, 0.3) is 0 Å². The van der Waals surface area contributed by atoms with E-state index in [0.717, 1.165) is 0 Å². The molecule has 1 rings (SSSR count). The molecular weight excluding hydrogens is 256 g/mol. The summed E-state index contributed by atoms with van der Waals surface area (Å²) in [6.45, 7) is 0. The van der Waals surface area contributed by atoms with E-state index in [4.69, 9.17) is 14.6 Å². The average molecular weight is 263 g/mol. The number of halogens is 1. The summed E-state index contributed by atoms with van der Waals surface area (Å²) in [5.41, 5.74) is -0.200. The monoisotopic (exact) mass is 262 g/mol. The Morgan fingerprint density at radius 1 is 1.36 bits per heavy atom. The quantitative estimate of drug-likeness (QED) is 0.874. The zero-order valence-electron chi connectivity index (χ0n) is 7.44. The van der Waals surface area contributed by atoms with Gasteiger partial charge in [-0.15, -0.1) is 0 Å². The lowest BCUT2D eigenvalue weighted by Crippen LogP contribution is -2.06. The molecule has 0 aromatic carbocycles. The lowest BCUT2D eigenvalue weighted by atomic mass is 10.4. The third-order valence-corrected chi connectivity index (χ3v) is 2.09. The van der Waals surface area contributed by atoms with Crippen LogP contribution >= 0.6 is 15.9 Å². The van der Waals surface area contributed by atoms with Crippen molar-refractivity contribution in [3.8, 4) is 11.9 Å². The van der Waals surface area contributed by atoms with Crippen molar-refractivity contribution in [3.63, 3.8) is 0 Å². The number of carboxylic acids is 1. The van der Waals surface area contributed by atoms with Gasteiger partial charge in [-0.3, -0.25) is 0 Å². The summed E-state index contributed by atoms with van der Waals surface area (Å²) in [7, 11) is 2.71. The summed E-state index contributed by atoms with van der Waals surface area (Å²) in [4.78, 5) is 18.2. The van der Waals surface area contributed by atoms with Crippen LogP contribution in [0.4, 0.5) is 0 Å². The van der Waals surface area contributed by atoms with Gasteiger partial charge >= 0.3 is 12.0 Å². The molecular formula is C7H7BrN2O4. The highest BCUT2D eigenvalue weighted by atomic mass is 79.9. The van der Waals surface area contributed by atoms with Gasteiger partial charge in [0.05, 0.1) is 14.2 Å². The summed E-state index contributed by atoms with van der Waals surface area (Å²) in [5.74, 6) is -1.06. The first-order valence-electron chi connectivity index (χ1n) is 3.49. The first-order chi connectivity index (χ1) is 6.60. The van der Waals surface area contributed by atoms with Crippen LogP contribution in [0.2, 0.25) is 0 Å². The van der Waals surface area contributed by atoms with Crippen LogP contribution in [0.5, 0.6) is 11.9 Å². The second-order valence-electron chi connectivity index (χ2n) is 2.19. The number of hydrogen-bond donors (Lipinski definition) is 1. The van der Waals surface area contributed by atoms with Crippen LogP contribution in [0.15, 0.2) is 4.47 Å². The summed E-state index contributed by atoms with van der Waals surface area (Å²) < 4.78 is 9.74. The molecule has 0 aliphatic rings. The Hall–Kier alpha value is -1.37. The van der Waals surface area contributed by atoms with Crippen LogP contribution in [0.1, 0.15) is 10.5 Å². The second-order valence-corrected chi connectivity index (χ2v) is 2.98. The molecule has 1 aromatic rings. The van der Waals surface area contributed by atoms with E-state index in [1.165, 1.54) is 14.2 Å². The standard InChI is InChI=1S/C7H7BrN2O4/c1-13-5-3(8)4(6(11)12)9-7(10-5)14-2/h1-2H3,(H,11,12). The Balaban J connectivity index is 3.34. The summed E-state index contributed by atoms with van der Waals surface area (Å²) in [5, 5.41) is 8.77. The fourth-order valence-electron chi connectivity index (χ4n) is 0.775. The Kier molecular flexibility index (Phi) is 3.23. The highest BCUT2D eigenvalue weighted by Gasteiger charge is 2.18. The van der Waals surface area contributed by atoms with Crippen molar-refractivity contribution >= 4 is 21.9 Å². The van der Waals surface area contributed by atoms with Gasteiger partial charge in [0.1, 0.15) is 4.47 Å². The number of hydrogen-bond acceptors (Lipinski definition) is 5. The lowest BCUT2D eigenvalue weighted by molar-refractivity contribution is 0.0687. The summed E-state index contributed by atoms with van der Waals surface area (Å²) in [6, 6.07) is -0.0533. The van der Waals surface area contributed by atoms with E-state index >= 15 is 0 Å². The largest absolute Gasteiger partial charge is 0.480 e. The van der Waals surface area contributed by atoms with Gasteiger partial charge in [0, 0.05) is 0 Å². The van der Waals surface area contributed by atoms with Crippen LogP contribution in [-0.4, -0.2) is 35.3 Å². The minimum absolute atomic E-state index is 0.0533. The molecule has 0 fully saturated rings. The van der Waals surface area contributed by atoms with Gasteiger partial charge in [0.15, 0.2) is 5.69 Å². The topological polar surface area (TPSA) is 81.5 Å². The fraction of sp³-hybridized carbons (Fsp3) is 0.286. The minimum Gasteiger partial charge on any atom is -0.480 e. The van der Waals surface area contributed by atoms with Crippen molar-refractivity contribution < 1.29 is 19.4 Å². The molecule has 0 saturated heterocycles. The number of aromatic carboxylic acids is 1. The van der Waals surface area contributed by atoms with Gasteiger partial charge in [-0.2, -0.15) is 9.97 Å². The maximum atomic E-state index is 10.7. The number of rotatable bonds is 3. The molecule has 0 aliphatic carbocycles. The van der Waals surface area contributed by atoms with Crippen molar-refractivity contribution in [3.05, 3.63) is 10.2 Å². The Bertz CT molecular complexity index is 369. The predicted octanol–water partition coefficient (Wildman–Crippen LogP) is 0.954. The van der Waals surface area contributed by atoms with E-state index in [2.05, 4.69) is 25.9 Å². The van der Waals surface area contributed by atoms with Gasteiger partial charge in [0.2, 0.25) is 5.88 Å². The van der Waals surface area contributed by atoms with E-state index < -0.39 is 5.97 Å². The van der Waals surface area contributed by atoms with E-state index in [-0.39, 0.29) is 22.1 Å². The van der Waals surface area contributed by atoms with Gasteiger partial charge in [-0.05, 0) is 15.9 Å². The number of nitrogens with zero attached hydrogens (tertiary/aromatic N) is 2. The number of carbonyl (C=O) groups is 1. The molecule has 7 heteroatoms. The molecule has 1 N–H and O–H groups in total. The first kappa shape index (κ1) is 10.7. The van der Waals surface area contributed by atoms with Gasteiger partial charge in [0.25, 0.3) is 0 Å². The minimum atomic E-state index is -1.18. The SMILES string of the molecule is COc1nc(OC)c(Br)c(C(=O)O)n1. The number of methoxy groups -OCH3 is 2. The summed E-state index contributed by atoms with van der Waals surface area (Å²) >= 11 is 3.02. The molecule has 0 atom stereocenters. The van der Waals surface area contributed by atoms with Gasteiger partial charge in [-0.25, -0.2) is 4.79 Å². The van der Waals surface area contributed by atoms with Gasteiger partial charge < -0.3 is 14.6 Å². The van der Waals surface area contributed by atoms with Crippen LogP contribution in [0.3, 0.4) is 0 Å². The number of ether oxygens (including phenoxy) is 2. The fourth-order valence-corrected chi connectivity index (χ4v) is 1.28. The molecule has 1 heterocycles. The zero-order chi connectivity index (χ0) is 10.7. The highest BCUT2D eigenvalue weighted by Crippen LogP contribution is 2.27. The highest BCUT2D eigenvalue weighted by molar-refractivity contribution is 9.10. The van der Waals surface area contributed by atoms with Crippen LogP contribution in [-0.2, 0) is 0 Å². The molecule has 0 saturated carbocycles. The van der Waals surface area contributed by atoms with E-state index in [1.807, 2.05) is 0 Å². The smallest absolute Gasteiger partial charge is 0.356 e. The normalized spacial score (nSPS) is 9.64. The van der Waals surface area contributed by atoms with Crippen molar-refractivity contribution in [2.45, 2.75) is 0 Å². The second kappa shape index (κ2) is 4.23. The van der Waals surface area contributed by atoms with Crippen LogP contribution in [0, 0.1) is 0 Å². The lowest BCUT2D eigenvalue weighted by Gasteiger charge is -2.06. The number of aromatic nitrogens is 2. The molecule has 0 amide bonds. The third kappa shape index (κ3) is 1.92. The van der Waals surface area contributed by atoms with Gasteiger partial charge in [-0.1, -0.05) is 0 Å². The first-order valence-corrected chi connectivity index (χ1v) is 4.28. The Labute approximate surface area is 88.0 Å². The molecule has 0 aliphatic heterocycles. The molecule has 0 unspecified atom stereocenters. The molecule has 0 bridgehead atoms. The Morgan fingerprint density at radius 3 is 2.43 bits per heavy atom. The van der Waals surface area contributed by atoms with Crippen molar-refractivity contribution in [1.29, 1.82) is 0 Å². The molecule has 1 aromatic heterocycles. The van der Waals surface area contributed by atoms with Crippen molar-refractivity contribution in [2.75, 3.05) is 14.2 Å². The van der Waals surface area contributed by atoms with E-state index in [1.54, 1.807) is 0 Å². The van der Waals surface area contributed by atoms with E-state index in [9.17, 15) is 4.79 Å².